The molecular formula is C28H29BrN4O6. The topological polar surface area (TPSA) is 127 Å². The highest BCUT2D eigenvalue weighted by Gasteiger charge is 2.15. The van der Waals surface area contributed by atoms with Gasteiger partial charge in [-0.05, 0) is 77.3 Å². The molecule has 0 aliphatic carbocycles. The second-order valence-electron chi connectivity index (χ2n) is 8.20. The Morgan fingerprint density at radius 3 is 2.36 bits per heavy atom. The Labute approximate surface area is 234 Å². The van der Waals surface area contributed by atoms with E-state index in [9.17, 15) is 14.4 Å². The van der Waals surface area contributed by atoms with Crippen LogP contribution in [-0.4, -0.2) is 44.3 Å². The van der Waals surface area contributed by atoms with Gasteiger partial charge in [-0.1, -0.05) is 29.8 Å². The monoisotopic (exact) mass is 596 g/mol. The van der Waals surface area contributed by atoms with Crippen LogP contribution in [0.2, 0.25) is 0 Å². The molecule has 0 bridgehead atoms. The van der Waals surface area contributed by atoms with Gasteiger partial charge in [-0.3, -0.25) is 14.4 Å². The molecule has 0 saturated heterocycles. The summed E-state index contributed by atoms with van der Waals surface area (Å²) in [5, 5.41) is 9.13. The number of anilines is 1. The smallest absolute Gasteiger partial charge is 0.329 e. The number of aryl methyl sites for hydroxylation is 1. The summed E-state index contributed by atoms with van der Waals surface area (Å²) in [7, 11) is 1.45. The van der Waals surface area contributed by atoms with E-state index in [1.165, 1.54) is 13.3 Å². The number of nitrogens with zero attached hydrogens (tertiary/aromatic N) is 1. The third-order valence-electron chi connectivity index (χ3n) is 5.21. The number of amides is 3. The lowest BCUT2D eigenvalue weighted by Gasteiger charge is -2.13. The molecule has 0 aliphatic rings. The van der Waals surface area contributed by atoms with E-state index in [2.05, 4.69) is 37.1 Å². The molecule has 0 radical (unpaired) electrons. The van der Waals surface area contributed by atoms with Crippen LogP contribution in [0.1, 0.15) is 23.6 Å². The number of rotatable bonds is 11. The quantitative estimate of drug-likeness (QED) is 0.175. The average molecular weight is 597 g/mol. The summed E-state index contributed by atoms with van der Waals surface area (Å²) in [6, 6.07) is 17.9. The van der Waals surface area contributed by atoms with Crippen LogP contribution in [-0.2, 0) is 20.9 Å². The lowest BCUT2D eigenvalue weighted by molar-refractivity contribution is -0.139. The van der Waals surface area contributed by atoms with Gasteiger partial charge in [-0.15, -0.1) is 0 Å². The summed E-state index contributed by atoms with van der Waals surface area (Å²) in [6.45, 7) is 4.38. The van der Waals surface area contributed by atoms with E-state index in [-0.39, 0.29) is 19.1 Å². The second kappa shape index (κ2) is 14.5. The first-order chi connectivity index (χ1) is 18.8. The molecule has 0 heterocycles. The predicted octanol–water partition coefficient (Wildman–Crippen LogP) is 3.95. The first-order valence-corrected chi connectivity index (χ1v) is 12.8. The molecule has 11 heteroatoms. The minimum Gasteiger partial charge on any atom is -0.494 e. The van der Waals surface area contributed by atoms with E-state index in [0.717, 1.165) is 11.1 Å². The predicted molar refractivity (Wildman–Crippen MR) is 151 cm³/mol. The molecular weight excluding hydrogens is 568 g/mol. The fraction of sp³-hybridized carbons (Fsp3) is 0.214. The highest BCUT2D eigenvalue weighted by Crippen LogP contribution is 2.36. The number of carbonyl (C=O) groups is 3. The summed E-state index contributed by atoms with van der Waals surface area (Å²) in [4.78, 5) is 36.4. The lowest BCUT2D eigenvalue weighted by atomic mass is 10.1. The van der Waals surface area contributed by atoms with Crippen LogP contribution in [0.4, 0.5) is 5.69 Å². The molecule has 0 spiro atoms. The first kappa shape index (κ1) is 29.2. The maximum atomic E-state index is 12.4. The van der Waals surface area contributed by atoms with Crippen LogP contribution in [0.25, 0.3) is 0 Å². The average Bonchev–Trinajstić information content (AvgIpc) is 2.92. The number of benzene rings is 3. The van der Waals surface area contributed by atoms with Gasteiger partial charge in [-0.25, -0.2) is 5.43 Å². The molecule has 0 saturated carbocycles. The number of halogens is 1. The largest absolute Gasteiger partial charge is 0.494 e. The normalized spacial score (nSPS) is 10.6. The number of hydrogen-bond acceptors (Lipinski definition) is 7. The molecule has 0 aliphatic heterocycles. The molecule has 3 rings (SSSR count). The molecule has 39 heavy (non-hydrogen) atoms. The summed E-state index contributed by atoms with van der Waals surface area (Å²) < 4.78 is 17.0. The summed E-state index contributed by atoms with van der Waals surface area (Å²) >= 11 is 3.41. The molecule has 3 amide bonds. The van der Waals surface area contributed by atoms with Crippen molar-refractivity contribution < 1.29 is 28.6 Å². The standard InChI is InChI=1S/C28H29BrN4O6/c1-4-38-22-11-9-21(10-12-22)32-25(34)17-39-26-23(29)13-20(14-24(26)37-3)16-31-33-28(36)27(35)30-15-19-7-5-18(2)6-8-19/h5-14,16H,4,15,17H2,1-3H3,(H,30,35)(H,32,34)(H,33,36)/b31-16-. The first-order valence-electron chi connectivity index (χ1n) is 12.0. The molecule has 0 fully saturated rings. The van der Waals surface area contributed by atoms with Crippen molar-refractivity contribution in [1.82, 2.24) is 10.7 Å². The molecule has 204 valence electrons. The van der Waals surface area contributed by atoms with Crippen LogP contribution in [0.5, 0.6) is 17.2 Å². The van der Waals surface area contributed by atoms with Crippen LogP contribution in [0.15, 0.2) is 70.2 Å². The second-order valence-corrected chi connectivity index (χ2v) is 9.05. The van der Waals surface area contributed by atoms with Crippen molar-refractivity contribution in [3.63, 3.8) is 0 Å². The van der Waals surface area contributed by atoms with Gasteiger partial charge >= 0.3 is 11.8 Å². The fourth-order valence-corrected chi connectivity index (χ4v) is 3.85. The van der Waals surface area contributed by atoms with Crippen molar-refractivity contribution >= 4 is 45.6 Å². The van der Waals surface area contributed by atoms with Crippen molar-refractivity contribution in [1.29, 1.82) is 0 Å². The molecule has 0 aromatic heterocycles. The van der Waals surface area contributed by atoms with Gasteiger partial charge in [0.25, 0.3) is 5.91 Å². The van der Waals surface area contributed by atoms with Gasteiger partial charge in [0.15, 0.2) is 18.1 Å². The van der Waals surface area contributed by atoms with Gasteiger partial charge in [-0.2, -0.15) is 5.10 Å². The molecule has 3 aromatic carbocycles. The lowest BCUT2D eigenvalue weighted by Crippen LogP contribution is -2.37. The maximum Gasteiger partial charge on any atom is 0.329 e. The van der Waals surface area contributed by atoms with Crippen molar-refractivity contribution in [2.75, 3.05) is 25.6 Å². The number of ether oxygens (including phenoxy) is 3. The Hall–Kier alpha value is -4.38. The molecule has 3 N–H and O–H groups in total. The van der Waals surface area contributed by atoms with Crippen LogP contribution in [0, 0.1) is 6.92 Å². The van der Waals surface area contributed by atoms with Gasteiger partial charge in [0.2, 0.25) is 0 Å². The minimum atomic E-state index is -0.900. The van der Waals surface area contributed by atoms with E-state index in [4.69, 9.17) is 14.2 Å². The zero-order chi connectivity index (χ0) is 28.2. The van der Waals surface area contributed by atoms with Crippen LogP contribution in [0.3, 0.4) is 0 Å². The van der Waals surface area contributed by atoms with E-state index in [0.29, 0.717) is 39.6 Å². The van der Waals surface area contributed by atoms with Gasteiger partial charge in [0.1, 0.15) is 5.75 Å². The number of carbonyl (C=O) groups excluding carboxylic acids is 3. The van der Waals surface area contributed by atoms with Crippen molar-refractivity contribution in [3.8, 4) is 17.2 Å². The third kappa shape index (κ3) is 9.15. The summed E-state index contributed by atoms with van der Waals surface area (Å²) in [5.74, 6) is -0.702. The zero-order valence-corrected chi connectivity index (χ0v) is 23.3. The number of hydrazone groups is 1. The Bertz CT molecular complexity index is 1330. The van der Waals surface area contributed by atoms with E-state index >= 15 is 0 Å². The summed E-state index contributed by atoms with van der Waals surface area (Å²) in [5.41, 5.74) is 5.32. The molecule has 3 aromatic rings. The maximum absolute atomic E-state index is 12.4. The Morgan fingerprint density at radius 2 is 1.69 bits per heavy atom. The van der Waals surface area contributed by atoms with Gasteiger partial charge < -0.3 is 24.8 Å². The van der Waals surface area contributed by atoms with E-state index < -0.39 is 11.8 Å². The van der Waals surface area contributed by atoms with Crippen molar-refractivity contribution in [2.45, 2.75) is 20.4 Å². The Balaban J connectivity index is 1.52. The van der Waals surface area contributed by atoms with Crippen LogP contribution >= 0.6 is 15.9 Å². The summed E-state index contributed by atoms with van der Waals surface area (Å²) in [6.07, 6.45) is 1.35. The molecule has 0 atom stereocenters. The number of nitrogens with one attached hydrogen (secondary N) is 3. The highest BCUT2D eigenvalue weighted by molar-refractivity contribution is 9.10. The van der Waals surface area contributed by atoms with Crippen molar-refractivity contribution in [2.24, 2.45) is 5.10 Å². The fourth-order valence-electron chi connectivity index (χ4n) is 3.28. The SMILES string of the molecule is CCOc1ccc(NC(=O)COc2c(Br)cc(/C=N\NC(=O)C(=O)NCc3ccc(C)cc3)cc2OC)cc1. The van der Waals surface area contributed by atoms with E-state index in [1.807, 2.05) is 38.1 Å². The van der Waals surface area contributed by atoms with E-state index in [1.54, 1.807) is 36.4 Å². The Kier molecular flexibility index (Phi) is 10.9. The van der Waals surface area contributed by atoms with Gasteiger partial charge in [0, 0.05) is 12.2 Å². The molecule has 10 nitrogen and oxygen atoms in total. The van der Waals surface area contributed by atoms with Gasteiger partial charge in [0.05, 0.1) is 24.4 Å². The zero-order valence-electron chi connectivity index (χ0n) is 21.7. The minimum absolute atomic E-state index is 0.222. The number of methoxy groups -OCH3 is 1. The number of hydrogen-bond donors (Lipinski definition) is 3. The van der Waals surface area contributed by atoms with Crippen LogP contribution < -0.4 is 30.3 Å². The van der Waals surface area contributed by atoms with Crippen molar-refractivity contribution in [3.05, 3.63) is 81.8 Å². The highest BCUT2D eigenvalue weighted by atomic mass is 79.9. The molecule has 0 unspecified atom stereocenters. The third-order valence-corrected chi connectivity index (χ3v) is 5.80. The Morgan fingerprint density at radius 1 is 0.974 bits per heavy atom.